The lowest BCUT2D eigenvalue weighted by molar-refractivity contribution is -0.132. The number of piperazine rings is 2. The molecule has 0 spiro atoms. The Balaban J connectivity index is 1.18. The molecule has 202 valence electrons. The van der Waals surface area contributed by atoms with Crippen molar-refractivity contribution >= 4 is 28.3 Å². The van der Waals surface area contributed by atoms with Gasteiger partial charge in [0.25, 0.3) is 0 Å². The fourth-order valence-corrected chi connectivity index (χ4v) is 6.10. The van der Waals surface area contributed by atoms with Crippen molar-refractivity contribution in [2.24, 2.45) is 0 Å². The Morgan fingerprint density at radius 2 is 1.61 bits per heavy atom. The summed E-state index contributed by atoms with van der Waals surface area (Å²) in [6, 6.07) is 7.29. The Hall–Kier alpha value is -3.17. The number of aromatic amines is 1. The number of aryl methyl sites for hydroxylation is 2. The molecular weight excluding hydrogens is 476 g/mol. The fraction of sp³-hybridized carbons (Fsp3) is 0.552. The molecule has 9 heteroatoms. The smallest absolute Gasteiger partial charge is 0.236 e. The zero-order chi connectivity index (χ0) is 26.4. The molecule has 3 fully saturated rings. The molecule has 1 aliphatic carbocycles. The molecule has 2 aliphatic heterocycles. The van der Waals surface area contributed by atoms with Crippen LogP contribution in [0.5, 0.6) is 0 Å². The predicted molar refractivity (Wildman–Crippen MR) is 153 cm³/mol. The molecule has 1 amide bonds. The summed E-state index contributed by atoms with van der Waals surface area (Å²) < 4.78 is 0. The quantitative estimate of drug-likeness (QED) is 0.540. The maximum Gasteiger partial charge on any atom is 0.236 e. The number of rotatable bonds is 6. The van der Waals surface area contributed by atoms with Gasteiger partial charge >= 0.3 is 0 Å². The number of carbonyl (C=O) groups is 1. The van der Waals surface area contributed by atoms with Gasteiger partial charge in [-0.25, -0.2) is 0 Å². The van der Waals surface area contributed by atoms with Crippen LogP contribution in [0, 0.1) is 13.8 Å². The molecule has 1 N–H and O–H groups in total. The normalized spacial score (nSPS) is 19.1. The monoisotopic (exact) mass is 516 g/mol. The lowest BCUT2D eigenvalue weighted by atomic mass is 10.00. The maximum atomic E-state index is 12.8. The number of hydrogen-bond acceptors (Lipinski definition) is 7. The number of likely N-dealkylation sites (N-methyl/N-ethyl adjacent to an activating group) is 2. The number of amides is 1. The molecule has 1 aromatic carbocycles. The van der Waals surface area contributed by atoms with Crippen molar-refractivity contribution in [1.29, 1.82) is 0 Å². The van der Waals surface area contributed by atoms with Crippen molar-refractivity contribution in [1.82, 2.24) is 29.9 Å². The zero-order valence-corrected chi connectivity index (χ0v) is 23.2. The van der Waals surface area contributed by atoms with Crippen molar-refractivity contribution in [2.45, 2.75) is 32.7 Å². The Bertz CT molecular complexity index is 1290. The highest BCUT2D eigenvalue weighted by Crippen LogP contribution is 2.34. The van der Waals surface area contributed by atoms with Gasteiger partial charge in [0.1, 0.15) is 0 Å². The largest absolute Gasteiger partial charge is 0.369 e. The molecule has 3 aliphatic rings. The first-order valence-corrected chi connectivity index (χ1v) is 14.0. The first-order chi connectivity index (χ1) is 18.4. The molecule has 2 aromatic heterocycles. The van der Waals surface area contributed by atoms with Gasteiger partial charge in [0.2, 0.25) is 5.91 Å². The summed E-state index contributed by atoms with van der Waals surface area (Å²) in [7, 11) is 4.26. The van der Waals surface area contributed by atoms with E-state index in [1.165, 1.54) is 29.7 Å². The number of carbonyl (C=O) groups excluding carboxylic acids is 1. The van der Waals surface area contributed by atoms with E-state index in [2.05, 4.69) is 80.9 Å². The highest BCUT2D eigenvalue weighted by atomic mass is 16.2. The number of nitrogens with zero attached hydrogens (tertiary/aromatic N) is 7. The first kappa shape index (κ1) is 25.1. The van der Waals surface area contributed by atoms with Gasteiger partial charge in [-0.3, -0.25) is 9.69 Å². The van der Waals surface area contributed by atoms with Crippen molar-refractivity contribution in [3.05, 3.63) is 35.5 Å². The van der Waals surface area contributed by atoms with Crippen LogP contribution in [-0.2, 0) is 4.79 Å². The van der Waals surface area contributed by atoms with Gasteiger partial charge in [-0.2, -0.15) is 0 Å². The number of aromatic nitrogens is 3. The number of hydrogen-bond donors (Lipinski definition) is 1. The third-order valence-electron chi connectivity index (χ3n) is 8.55. The van der Waals surface area contributed by atoms with Crippen LogP contribution in [0.25, 0.3) is 22.3 Å². The Morgan fingerprint density at radius 1 is 0.947 bits per heavy atom. The molecule has 6 rings (SSSR count). The summed E-state index contributed by atoms with van der Waals surface area (Å²) in [6.07, 6.45) is 4.49. The minimum atomic E-state index is 0.247. The van der Waals surface area contributed by atoms with E-state index in [1.807, 2.05) is 11.1 Å². The number of H-pyrrole nitrogens is 1. The summed E-state index contributed by atoms with van der Waals surface area (Å²) in [4.78, 5) is 27.6. The summed E-state index contributed by atoms with van der Waals surface area (Å²) in [6.45, 7) is 12.4. The van der Waals surface area contributed by atoms with E-state index < -0.39 is 0 Å². The van der Waals surface area contributed by atoms with Crippen molar-refractivity contribution < 1.29 is 4.79 Å². The van der Waals surface area contributed by atoms with Crippen LogP contribution in [0.1, 0.15) is 24.0 Å². The van der Waals surface area contributed by atoms with E-state index in [4.69, 9.17) is 0 Å². The average molecular weight is 517 g/mol. The standard InChI is InChI=1S/C29H40N8O/c1-20-15-22(16-21(2)28(20)37-9-7-33(3)8-10-37)25-17-24-26(18-30-29(24)32-31-25)35-11-13-36(14-12-35)27(38)19-34(4)23-5-6-23/h15-18,23H,5-14,19H2,1-4H3,(H,30,32). The van der Waals surface area contributed by atoms with Gasteiger partial charge in [-0.15, -0.1) is 10.2 Å². The van der Waals surface area contributed by atoms with Crippen LogP contribution in [0.15, 0.2) is 24.4 Å². The minimum absolute atomic E-state index is 0.247. The lowest BCUT2D eigenvalue weighted by Gasteiger charge is -2.36. The maximum absolute atomic E-state index is 12.8. The van der Waals surface area contributed by atoms with Gasteiger partial charge in [0, 0.05) is 81.2 Å². The van der Waals surface area contributed by atoms with Gasteiger partial charge in [-0.1, -0.05) is 0 Å². The fourth-order valence-electron chi connectivity index (χ4n) is 6.10. The van der Waals surface area contributed by atoms with Crippen LogP contribution < -0.4 is 9.80 Å². The van der Waals surface area contributed by atoms with Crippen LogP contribution in [0.2, 0.25) is 0 Å². The minimum Gasteiger partial charge on any atom is -0.369 e. The number of benzene rings is 1. The van der Waals surface area contributed by atoms with E-state index in [9.17, 15) is 4.79 Å². The molecule has 3 aromatic rings. The second-order valence-corrected chi connectivity index (χ2v) is 11.4. The number of fused-ring (bicyclic) bond motifs is 1. The van der Waals surface area contributed by atoms with E-state index in [1.54, 1.807) is 0 Å². The molecule has 38 heavy (non-hydrogen) atoms. The van der Waals surface area contributed by atoms with Crippen molar-refractivity contribution in [2.75, 3.05) is 82.8 Å². The summed E-state index contributed by atoms with van der Waals surface area (Å²) in [5, 5.41) is 10.2. The Labute approximate surface area is 225 Å². The third kappa shape index (κ3) is 4.97. The molecule has 2 saturated heterocycles. The molecule has 4 heterocycles. The molecule has 1 saturated carbocycles. The van der Waals surface area contributed by atoms with Crippen LogP contribution in [0.4, 0.5) is 11.4 Å². The summed E-state index contributed by atoms with van der Waals surface area (Å²) in [5.41, 5.74) is 7.87. The van der Waals surface area contributed by atoms with Gasteiger partial charge in [0.05, 0.1) is 17.9 Å². The second-order valence-electron chi connectivity index (χ2n) is 11.4. The number of anilines is 2. The number of nitrogens with one attached hydrogen (secondary N) is 1. The van der Waals surface area contributed by atoms with Crippen LogP contribution in [-0.4, -0.2) is 115 Å². The molecular formula is C29H40N8O. The Morgan fingerprint density at radius 3 is 2.26 bits per heavy atom. The SMILES string of the molecule is Cc1cc(-c2cc3c(N4CCN(C(=O)CN(C)C5CC5)CC4)c[nH]c3nn2)cc(C)c1N1CCN(C)CC1. The lowest BCUT2D eigenvalue weighted by Crippen LogP contribution is -2.51. The molecule has 9 nitrogen and oxygen atoms in total. The second kappa shape index (κ2) is 10.2. The van der Waals surface area contributed by atoms with Crippen molar-refractivity contribution in [3.63, 3.8) is 0 Å². The van der Waals surface area contributed by atoms with E-state index in [0.717, 1.165) is 80.3 Å². The van der Waals surface area contributed by atoms with Gasteiger partial charge in [-0.05, 0) is 70.1 Å². The summed E-state index contributed by atoms with van der Waals surface area (Å²) >= 11 is 0. The van der Waals surface area contributed by atoms with Crippen LogP contribution >= 0.6 is 0 Å². The van der Waals surface area contributed by atoms with Crippen molar-refractivity contribution in [3.8, 4) is 11.3 Å². The molecule has 0 unspecified atom stereocenters. The molecule has 0 radical (unpaired) electrons. The summed E-state index contributed by atoms with van der Waals surface area (Å²) in [5.74, 6) is 0.247. The average Bonchev–Trinajstić information content (AvgIpc) is 3.69. The third-order valence-corrected chi connectivity index (χ3v) is 8.55. The van der Waals surface area contributed by atoms with Gasteiger partial charge in [0.15, 0.2) is 5.65 Å². The molecule has 0 atom stereocenters. The van der Waals surface area contributed by atoms with Crippen LogP contribution in [0.3, 0.4) is 0 Å². The van der Waals surface area contributed by atoms with Gasteiger partial charge < -0.3 is 24.6 Å². The highest BCUT2D eigenvalue weighted by Gasteiger charge is 2.30. The topological polar surface area (TPSA) is 74.8 Å². The zero-order valence-electron chi connectivity index (χ0n) is 23.2. The first-order valence-electron chi connectivity index (χ1n) is 14.0. The molecule has 0 bridgehead atoms. The van der Waals surface area contributed by atoms with E-state index in [0.29, 0.717) is 12.6 Å². The highest BCUT2D eigenvalue weighted by molar-refractivity contribution is 5.93. The van der Waals surface area contributed by atoms with E-state index >= 15 is 0 Å². The Kier molecular flexibility index (Phi) is 6.74. The van der Waals surface area contributed by atoms with E-state index in [-0.39, 0.29) is 5.91 Å². The predicted octanol–water partition coefficient (Wildman–Crippen LogP) is 2.74.